The number of fused-ring (bicyclic) bond motifs is 1. The molecule has 0 atom stereocenters. The molecule has 0 fully saturated rings. The molecule has 0 radical (unpaired) electrons. The number of aromatic nitrogens is 3. The number of nitrogens with one attached hydrogen (secondary N) is 3. The number of nitrogens with zero attached hydrogens (tertiary/aromatic N) is 5. The Hall–Kier alpha value is -4.39. The predicted molar refractivity (Wildman–Crippen MR) is 117 cm³/mol. The van der Waals surface area contributed by atoms with Crippen LogP contribution in [0.3, 0.4) is 0 Å². The molecule has 0 aliphatic carbocycles. The summed E-state index contributed by atoms with van der Waals surface area (Å²) in [6.45, 7) is 1.94. The Morgan fingerprint density at radius 3 is 2.35 bits per heavy atom. The highest BCUT2D eigenvalue weighted by molar-refractivity contribution is 7.22. The Kier molecular flexibility index (Phi) is 5.24. The third-order valence-corrected chi connectivity index (χ3v) is 5.19. The average Bonchev–Trinajstić information content (AvgIpc) is 3.16. The van der Waals surface area contributed by atoms with Gasteiger partial charge in [-0.25, -0.2) is 15.0 Å². The summed E-state index contributed by atoms with van der Waals surface area (Å²) in [5.74, 6) is -0.108. The van der Waals surface area contributed by atoms with Gasteiger partial charge in [0, 0.05) is 12.1 Å². The van der Waals surface area contributed by atoms with Crippen molar-refractivity contribution < 1.29 is 9.85 Å². The molecule has 0 unspecified atom stereocenters. The number of hydrazine groups is 1. The first-order valence-corrected chi connectivity index (χ1v) is 9.63. The van der Waals surface area contributed by atoms with Gasteiger partial charge < -0.3 is 5.32 Å². The summed E-state index contributed by atoms with van der Waals surface area (Å²) in [6, 6.07) is 11.3. The third-order valence-electron chi connectivity index (χ3n) is 4.25. The smallest absolute Gasteiger partial charge is 0.310 e. The maximum Gasteiger partial charge on any atom is 0.355 e. The van der Waals surface area contributed by atoms with Crippen LogP contribution in [0, 0.1) is 27.2 Å². The summed E-state index contributed by atoms with van der Waals surface area (Å²) >= 11 is 1.35. The minimum absolute atomic E-state index is 0.0234. The Balaban J connectivity index is 1.59. The molecule has 0 saturated heterocycles. The monoisotopic (exact) mass is 438 g/mol. The summed E-state index contributed by atoms with van der Waals surface area (Å²) in [6.07, 6.45) is 1.17. The molecule has 4 rings (SSSR count). The van der Waals surface area contributed by atoms with Crippen LogP contribution in [0.1, 0.15) is 5.56 Å². The van der Waals surface area contributed by atoms with Crippen LogP contribution in [0.2, 0.25) is 0 Å². The SMILES string of the molecule is Cc1cccc2sc(Nc3ncnc(NNc4ccc([N+](=O)[O-])cc4)c3[N+](=O)[O-])nc12. The average molecular weight is 438 g/mol. The fourth-order valence-corrected chi connectivity index (χ4v) is 3.72. The normalized spacial score (nSPS) is 10.6. The second-order valence-electron chi connectivity index (χ2n) is 6.30. The van der Waals surface area contributed by atoms with Crippen molar-refractivity contribution >= 4 is 55.4 Å². The zero-order chi connectivity index (χ0) is 22.0. The largest absolute Gasteiger partial charge is 0.355 e. The van der Waals surface area contributed by atoms with E-state index in [0.717, 1.165) is 15.8 Å². The number of benzene rings is 2. The summed E-state index contributed by atoms with van der Waals surface area (Å²) in [4.78, 5) is 33.7. The molecule has 3 N–H and O–H groups in total. The van der Waals surface area contributed by atoms with Crippen molar-refractivity contribution in [2.45, 2.75) is 6.92 Å². The van der Waals surface area contributed by atoms with Crippen LogP contribution < -0.4 is 16.2 Å². The van der Waals surface area contributed by atoms with Crippen LogP contribution in [0.4, 0.5) is 33.8 Å². The van der Waals surface area contributed by atoms with E-state index in [2.05, 4.69) is 31.1 Å². The van der Waals surface area contributed by atoms with E-state index in [4.69, 9.17) is 0 Å². The van der Waals surface area contributed by atoms with Crippen molar-refractivity contribution in [2.24, 2.45) is 0 Å². The maximum atomic E-state index is 11.7. The Morgan fingerprint density at radius 1 is 0.935 bits per heavy atom. The quantitative estimate of drug-likeness (QED) is 0.279. The molecule has 0 aliphatic heterocycles. The van der Waals surface area contributed by atoms with E-state index in [0.29, 0.717) is 10.8 Å². The van der Waals surface area contributed by atoms with Crippen molar-refractivity contribution in [1.29, 1.82) is 0 Å². The molecule has 0 saturated carbocycles. The highest BCUT2D eigenvalue weighted by Gasteiger charge is 2.24. The molecular weight excluding hydrogens is 424 g/mol. The van der Waals surface area contributed by atoms with Gasteiger partial charge in [-0.05, 0) is 30.7 Å². The Morgan fingerprint density at radius 2 is 1.68 bits per heavy atom. The van der Waals surface area contributed by atoms with Crippen molar-refractivity contribution in [3.8, 4) is 0 Å². The highest BCUT2D eigenvalue weighted by atomic mass is 32.1. The van der Waals surface area contributed by atoms with Crippen molar-refractivity contribution in [1.82, 2.24) is 15.0 Å². The molecule has 2 aromatic heterocycles. The minimum atomic E-state index is -0.610. The number of anilines is 4. The van der Waals surface area contributed by atoms with Gasteiger partial charge >= 0.3 is 5.69 Å². The lowest BCUT2D eigenvalue weighted by Crippen LogP contribution is -2.13. The van der Waals surface area contributed by atoms with Crippen LogP contribution >= 0.6 is 11.3 Å². The lowest BCUT2D eigenvalue weighted by molar-refractivity contribution is -0.384. The van der Waals surface area contributed by atoms with Crippen molar-refractivity contribution in [2.75, 3.05) is 16.2 Å². The van der Waals surface area contributed by atoms with Crippen LogP contribution in [-0.4, -0.2) is 24.8 Å². The second kappa shape index (κ2) is 8.16. The first-order valence-electron chi connectivity index (χ1n) is 8.81. The molecule has 156 valence electrons. The molecule has 13 heteroatoms. The number of rotatable bonds is 7. The van der Waals surface area contributed by atoms with Gasteiger partial charge in [0.2, 0.25) is 11.6 Å². The number of nitro benzene ring substituents is 1. The van der Waals surface area contributed by atoms with E-state index < -0.39 is 9.85 Å². The van der Waals surface area contributed by atoms with Crippen molar-refractivity contribution in [3.05, 3.63) is 74.6 Å². The molecule has 0 amide bonds. The standard InChI is InChI=1S/C18H14N8O4S/c1-10-3-2-4-13-14(10)21-18(31-13)22-16-15(26(29)30)17(20-9-19-16)24-23-11-5-7-12(8-6-11)25(27)28/h2-9,23H,1H3,(H2,19,20,21,22,24). The van der Waals surface area contributed by atoms with E-state index in [-0.39, 0.29) is 23.0 Å². The summed E-state index contributed by atoms with van der Waals surface area (Å²) in [5, 5.41) is 25.8. The first kappa shape index (κ1) is 19.9. The number of hydrogen-bond donors (Lipinski definition) is 3. The van der Waals surface area contributed by atoms with E-state index in [1.54, 1.807) is 0 Å². The predicted octanol–water partition coefficient (Wildman–Crippen LogP) is 4.39. The topological polar surface area (TPSA) is 161 Å². The van der Waals surface area contributed by atoms with Gasteiger partial charge in [-0.1, -0.05) is 23.5 Å². The van der Waals surface area contributed by atoms with Gasteiger partial charge in [-0.15, -0.1) is 0 Å². The molecule has 2 heterocycles. The molecular formula is C18H14N8O4S. The van der Waals surface area contributed by atoms with Crippen LogP contribution in [0.5, 0.6) is 0 Å². The molecule has 0 spiro atoms. The van der Waals surface area contributed by atoms with Crippen LogP contribution in [0.25, 0.3) is 10.2 Å². The fourth-order valence-electron chi connectivity index (χ4n) is 2.77. The van der Waals surface area contributed by atoms with Crippen LogP contribution in [0.15, 0.2) is 48.8 Å². The van der Waals surface area contributed by atoms with Gasteiger partial charge in [0.1, 0.15) is 6.33 Å². The van der Waals surface area contributed by atoms with Gasteiger partial charge in [0.05, 0.1) is 25.8 Å². The number of non-ortho nitro benzene ring substituents is 1. The lowest BCUT2D eigenvalue weighted by Gasteiger charge is -2.10. The van der Waals surface area contributed by atoms with Crippen LogP contribution in [-0.2, 0) is 0 Å². The third kappa shape index (κ3) is 4.16. The van der Waals surface area contributed by atoms with Crippen molar-refractivity contribution in [3.63, 3.8) is 0 Å². The van der Waals surface area contributed by atoms with E-state index >= 15 is 0 Å². The molecule has 12 nitrogen and oxygen atoms in total. The minimum Gasteiger partial charge on any atom is -0.310 e. The summed E-state index contributed by atoms with van der Waals surface area (Å²) < 4.78 is 0.942. The fraction of sp³-hybridized carbons (Fsp3) is 0.0556. The molecule has 0 aliphatic rings. The number of nitro groups is 2. The van der Waals surface area contributed by atoms with Gasteiger partial charge in [0.15, 0.2) is 5.13 Å². The zero-order valence-corrected chi connectivity index (χ0v) is 16.7. The summed E-state index contributed by atoms with van der Waals surface area (Å²) in [7, 11) is 0. The maximum absolute atomic E-state index is 11.7. The number of hydrogen-bond acceptors (Lipinski definition) is 11. The van der Waals surface area contributed by atoms with Gasteiger partial charge in [-0.3, -0.25) is 31.1 Å². The molecule has 4 aromatic rings. The lowest BCUT2D eigenvalue weighted by atomic mass is 10.2. The highest BCUT2D eigenvalue weighted by Crippen LogP contribution is 2.34. The Bertz CT molecular complexity index is 1290. The number of thiazole rings is 1. The van der Waals surface area contributed by atoms with Gasteiger partial charge in [0.25, 0.3) is 5.69 Å². The van der Waals surface area contributed by atoms with E-state index in [9.17, 15) is 20.2 Å². The molecule has 2 aromatic carbocycles. The first-order chi connectivity index (χ1) is 14.9. The zero-order valence-electron chi connectivity index (χ0n) is 15.9. The van der Waals surface area contributed by atoms with E-state index in [1.807, 2.05) is 25.1 Å². The Labute approximate surface area is 178 Å². The second-order valence-corrected chi connectivity index (χ2v) is 7.33. The van der Waals surface area contributed by atoms with Gasteiger partial charge in [-0.2, -0.15) is 0 Å². The summed E-state index contributed by atoms with van der Waals surface area (Å²) in [5.41, 5.74) is 7.19. The molecule has 31 heavy (non-hydrogen) atoms. The number of aryl methyl sites for hydroxylation is 1. The van der Waals surface area contributed by atoms with E-state index in [1.165, 1.54) is 41.9 Å². The molecule has 0 bridgehead atoms. The number of para-hydroxylation sites is 1.